The van der Waals surface area contributed by atoms with E-state index in [1.165, 1.54) is 13.0 Å². The summed E-state index contributed by atoms with van der Waals surface area (Å²) in [5, 5.41) is 5.41. The number of nitrogens with two attached hydrogens (primary N) is 1. The molecule has 2 aromatic rings. The van der Waals surface area contributed by atoms with Crippen molar-refractivity contribution >= 4 is 21.5 Å². The molecule has 0 saturated carbocycles. The van der Waals surface area contributed by atoms with Crippen LogP contribution in [0, 0.1) is 0 Å². The summed E-state index contributed by atoms with van der Waals surface area (Å²) >= 11 is 0. The Balaban J connectivity index is 2.22. The third-order valence-electron chi connectivity index (χ3n) is 4.16. The van der Waals surface area contributed by atoms with Crippen LogP contribution in [0.25, 0.3) is 0 Å². The molecule has 0 spiro atoms. The number of nitrogens with zero attached hydrogens (tertiary/aromatic N) is 1. The standard InChI is InChI=1S/C18H20N2O4S/c1-13(21)14-11-16(20-9-5-6-10-20)18(17(12-14)25(19,22)23)24-15-7-3-2-4-8-15/h2-4,7-8,11-12H,5-6,9-10H2,1H3,(H2,19,22,23). The molecule has 132 valence electrons. The van der Waals surface area contributed by atoms with Gasteiger partial charge in [-0.1, -0.05) is 18.2 Å². The van der Waals surface area contributed by atoms with Gasteiger partial charge in [0, 0.05) is 18.7 Å². The van der Waals surface area contributed by atoms with Gasteiger partial charge in [-0.15, -0.1) is 0 Å². The van der Waals surface area contributed by atoms with Crippen molar-refractivity contribution in [3.63, 3.8) is 0 Å². The summed E-state index contributed by atoms with van der Waals surface area (Å²) in [5.41, 5.74) is 0.879. The quantitative estimate of drug-likeness (QED) is 0.828. The molecule has 1 saturated heterocycles. The number of benzene rings is 2. The third kappa shape index (κ3) is 3.83. The Morgan fingerprint density at radius 3 is 2.32 bits per heavy atom. The van der Waals surface area contributed by atoms with Gasteiger partial charge in [-0.25, -0.2) is 13.6 Å². The van der Waals surface area contributed by atoms with Gasteiger partial charge in [-0.2, -0.15) is 0 Å². The number of anilines is 1. The predicted molar refractivity (Wildman–Crippen MR) is 95.8 cm³/mol. The van der Waals surface area contributed by atoms with E-state index in [2.05, 4.69) is 0 Å². The van der Waals surface area contributed by atoms with Crippen molar-refractivity contribution in [1.82, 2.24) is 0 Å². The van der Waals surface area contributed by atoms with Crippen LogP contribution < -0.4 is 14.8 Å². The maximum atomic E-state index is 12.2. The van der Waals surface area contributed by atoms with Crippen molar-refractivity contribution < 1.29 is 17.9 Å². The number of ketones is 1. The normalized spacial score (nSPS) is 14.6. The first-order valence-electron chi connectivity index (χ1n) is 8.06. The van der Waals surface area contributed by atoms with Gasteiger partial charge in [0.25, 0.3) is 0 Å². The van der Waals surface area contributed by atoms with Gasteiger partial charge >= 0.3 is 0 Å². The summed E-state index contributed by atoms with van der Waals surface area (Å²) in [6.45, 7) is 2.95. The number of para-hydroxylation sites is 1. The Hall–Kier alpha value is -2.38. The Morgan fingerprint density at radius 1 is 1.12 bits per heavy atom. The number of primary sulfonamides is 1. The first-order valence-corrected chi connectivity index (χ1v) is 9.60. The lowest BCUT2D eigenvalue weighted by Gasteiger charge is -2.23. The highest BCUT2D eigenvalue weighted by molar-refractivity contribution is 7.89. The fraction of sp³-hybridized carbons (Fsp3) is 0.278. The zero-order chi connectivity index (χ0) is 18.0. The van der Waals surface area contributed by atoms with Crippen molar-refractivity contribution in [3.8, 4) is 11.5 Å². The number of carbonyl (C=O) groups is 1. The molecule has 0 bridgehead atoms. The minimum absolute atomic E-state index is 0.167. The number of carbonyl (C=O) groups excluding carboxylic acids is 1. The molecule has 0 aromatic heterocycles. The number of ether oxygens (including phenoxy) is 1. The number of hydrogen-bond acceptors (Lipinski definition) is 5. The Kier molecular flexibility index (Phi) is 4.78. The molecule has 2 N–H and O–H groups in total. The van der Waals surface area contributed by atoms with Crippen molar-refractivity contribution in [2.45, 2.75) is 24.7 Å². The molecule has 0 amide bonds. The highest BCUT2D eigenvalue weighted by atomic mass is 32.2. The van der Waals surface area contributed by atoms with E-state index in [0.717, 1.165) is 25.9 Å². The van der Waals surface area contributed by atoms with Crippen LogP contribution in [-0.4, -0.2) is 27.3 Å². The van der Waals surface area contributed by atoms with E-state index in [0.29, 0.717) is 17.0 Å². The second-order valence-electron chi connectivity index (χ2n) is 6.03. The molecular formula is C18H20N2O4S. The first kappa shape index (κ1) is 17.4. The molecule has 0 atom stereocenters. The Bertz CT molecular complexity index is 889. The van der Waals surface area contributed by atoms with E-state index < -0.39 is 10.0 Å². The minimum atomic E-state index is -4.07. The molecule has 0 radical (unpaired) electrons. The van der Waals surface area contributed by atoms with Gasteiger partial charge < -0.3 is 9.64 Å². The van der Waals surface area contributed by atoms with Crippen LogP contribution >= 0.6 is 0 Å². The topological polar surface area (TPSA) is 89.7 Å². The van der Waals surface area contributed by atoms with E-state index >= 15 is 0 Å². The highest BCUT2D eigenvalue weighted by Gasteiger charge is 2.26. The smallest absolute Gasteiger partial charge is 0.241 e. The van der Waals surface area contributed by atoms with Crippen molar-refractivity contribution in [1.29, 1.82) is 0 Å². The Morgan fingerprint density at radius 2 is 1.76 bits per heavy atom. The summed E-state index contributed by atoms with van der Waals surface area (Å²) in [5.74, 6) is 0.445. The fourth-order valence-corrected chi connectivity index (χ4v) is 3.60. The second kappa shape index (κ2) is 6.85. The van der Waals surface area contributed by atoms with Crippen LogP contribution in [0.2, 0.25) is 0 Å². The zero-order valence-electron chi connectivity index (χ0n) is 13.9. The predicted octanol–water partition coefficient (Wildman–Crippen LogP) is 2.93. The maximum absolute atomic E-state index is 12.2. The van der Waals surface area contributed by atoms with Crippen molar-refractivity contribution in [3.05, 3.63) is 48.0 Å². The molecule has 3 rings (SSSR count). The first-order chi connectivity index (χ1) is 11.9. The molecule has 2 aromatic carbocycles. The van der Waals surface area contributed by atoms with Gasteiger partial charge in [0.15, 0.2) is 11.5 Å². The lowest BCUT2D eigenvalue weighted by molar-refractivity contribution is 0.101. The minimum Gasteiger partial charge on any atom is -0.454 e. The van der Waals surface area contributed by atoms with Gasteiger partial charge in [0.1, 0.15) is 10.6 Å². The van der Waals surface area contributed by atoms with E-state index in [9.17, 15) is 13.2 Å². The average molecular weight is 360 g/mol. The van der Waals surface area contributed by atoms with E-state index in [1.807, 2.05) is 11.0 Å². The lowest BCUT2D eigenvalue weighted by atomic mass is 10.1. The lowest BCUT2D eigenvalue weighted by Crippen LogP contribution is -2.21. The summed E-state index contributed by atoms with van der Waals surface area (Å²) in [6.07, 6.45) is 2.00. The molecule has 1 aliphatic heterocycles. The van der Waals surface area contributed by atoms with Crippen LogP contribution in [0.15, 0.2) is 47.4 Å². The number of Topliss-reactive ketones (excluding diaryl/α,β-unsaturated/α-hetero) is 1. The number of rotatable bonds is 5. The Labute approximate surface area is 147 Å². The van der Waals surface area contributed by atoms with Crippen LogP contribution in [0.3, 0.4) is 0 Å². The zero-order valence-corrected chi connectivity index (χ0v) is 14.8. The summed E-state index contributed by atoms with van der Waals surface area (Å²) in [4.78, 5) is 13.7. The molecule has 0 unspecified atom stereocenters. The summed E-state index contributed by atoms with van der Waals surface area (Å²) < 4.78 is 30.2. The average Bonchev–Trinajstić information content (AvgIpc) is 3.09. The largest absolute Gasteiger partial charge is 0.454 e. The third-order valence-corrected chi connectivity index (χ3v) is 5.07. The molecule has 1 heterocycles. The van der Waals surface area contributed by atoms with E-state index in [4.69, 9.17) is 9.88 Å². The van der Waals surface area contributed by atoms with E-state index in [1.54, 1.807) is 30.3 Å². The second-order valence-corrected chi connectivity index (χ2v) is 7.56. The summed E-state index contributed by atoms with van der Waals surface area (Å²) in [7, 11) is -4.07. The molecule has 1 aliphatic rings. The monoisotopic (exact) mass is 360 g/mol. The van der Waals surface area contributed by atoms with E-state index in [-0.39, 0.29) is 16.4 Å². The van der Waals surface area contributed by atoms with Gasteiger partial charge in [-0.3, -0.25) is 4.79 Å². The van der Waals surface area contributed by atoms with Gasteiger partial charge in [0.2, 0.25) is 10.0 Å². The van der Waals surface area contributed by atoms with Crippen LogP contribution in [0.1, 0.15) is 30.1 Å². The van der Waals surface area contributed by atoms with Crippen LogP contribution in [-0.2, 0) is 10.0 Å². The molecular weight excluding hydrogens is 340 g/mol. The maximum Gasteiger partial charge on any atom is 0.241 e. The molecule has 25 heavy (non-hydrogen) atoms. The fourth-order valence-electron chi connectivity index (χ4n) is 2.90. The molecule has 6 nitrogen and oxygen atoms in total. The van der Waals surface area contributed by atoms with Gasteiger partial charge in [0.05, 0.1) is 5.69 Å². The highest BCUT2D eigenvalue weighted by Crippen LogP contribution is 2.40. The number of hydrogen-bond donors (Lipinski definition) is 1. The summed E-state index contributed by atoms with van der Waals surface area (Å²) in [6, 6.07) is 11.9. The molecule has 1 fully saturated rings. The van der Waals surface area contributed by atoms with Crippen molar-refractivity contribution in [2.75, 3.05) is 18.0 Å². The van der Waals surface area contributed by atoms with Crippen LogP contribution in [0.5, 0.6) is 11.5 Å². The molecule has 7 heteroatoms. The molecule has 0 aliphatic carbocycles. The van der Waals surface area contributed by atoms with Crippen LogP contribution in [0.4, 0.5) is 5.69 Å². The number of sulfonamides is 1. The SMILES string of the molecule is CC(=O)c1cc(N2CCCC2)c(Oc2ccccc2)c(S(N)(=O)=O)c1. The van der Waals surface area contributed by atoms with Gasteiger partial charge in [-0.05, 0) is 44.0 Å². The van der Waals surface area contributed by atoms with Crippen molar-refractivity contribution in [2.24, 2.45) is 5.14 Å².